The monoisotopic (exact) mass is 446 g/mol. The Morgan fingerprint density at radius 2 is 1.73 bits per heavy atom. The van der Waals surface area contributed by atoms with Gasteiger partial charge in [0.15, 0.2) is 0 Å². The van der Waals surface area contributed by atoms with E-state index < -0.39 is 6.04 Å². The summed E-state index contributed by atoms with van der Waals surface area (Å²) in [6, 6.07) is 17.2. The van der Waals surface area contributed by atoms with Crippen molar-refractivity contribution >= 4 is 35.2 Å². The first-order valence-electron chi connectivity index (χ1n) is 10.5. The van der Waals surface area contributed by atoms with Crippen LogP contribution in [0.15, 0.2) is 54.6 Å². The topological polar surface area (TPSA) is 49.4 Å². The lowest BCUT2D eigenvalue weighted by atomic mass is 10.1. The van der Waals surface area contributed by atoms with Crippen LogP contribution in [0.1, 0.15) is 44.2 Å². The van der Waals surface area contributed by atoms with E-state index in [9.17, 15) is 9.59 Å². The van der Waals surface area contributed by atoms with E-state index in [1.807, 2.05) is 56.3 Å². The van der Waals surface area contributed by atoms with Crippen LogP contribution in [-0.2, 0) is 21.9 Å². The minimum Gasteiger partial charge on any atom is -0.354 e. The fourth-order valence-corrected chi connectivity index (χ4v) is 4.16. The van der Waals surface area contributed by atoms with Gasteiger partial charge in [-0.15, -0.1) is 0 Å². The molecule has 2 rings (SSSR count). The van der Waals surface area contributed by atoms with Gasteiger partial charge in [0.2, 0.25) is 11.8 Å². The van der Waals surface area contributed by atoms with Gasteiger partial charge in [-0.3, -0.25) is 9.59 Å². The molecule has 0 fully saturated rings. The van der Waals surface area contributed by atoms with E-state index in [0.717, 1.165) is 23.5 Å². The van der Waals surface area contributed by atoms with Gasteiger partial charge in [0.05, 0.1) is 0 Å². The predicted octanol–water partition coefficient (Wildman–Crippen LogP) is 5.30. The van der Waals surface area contributed by atoms with E-state index in [1.54, 1.807) is 16.7 Å². The molecule has 0 radical (unpaired) electrons. The van der Waals surface area contributed by atoms with Crippen LogP contribution < -0.4 is 5.32 Å². The molecule has 6 heteroatoms. The Hall–Kier alpha value is -1.98. The average Bonchev–Trinajstić information content (AvgIpc) is 2.77. The number of hydrogen-bond donors (Lipinski definition) is 1. The number of nitrogens with one attached hydrogen (secondary N) is 1. The highest BCUT2D eigenvalue weighted by atomic mass is 35.5. The molecule has 0 saturated carbocycles. The van der Waals surface area contributed by atoms with Gasteiger partial charge in [0.25, 0.3) is 0 Å². The van der Waals surface area contributed by atoms with Crippen molar-refractivity contribution in [2.24, 2.45) is 0 Å². The molecule has 0 saturated heterocycles. The summed E-state index contributed by atoms with van der Waals surface area (Å²) in [4.78, 5) is 27.5. The van der Waals surface area contributed by atoms with Crippen LogP contribution in [0.25, 0.3) is 0 Å². The molecule has 0 aliphatic heterocycles. The van der Waals surface area contributed by atoms with Gasteiger partial charge in [-0.05, 0) is 36.1 Å². The van der Waals surface area contributed by atoms with Crippen molar-refractivity contribution in [3.05, 3.63) is 70.7 Å². The number of nitrogens with zero attached hydrogens (tertiary/aromatic N) is 1. The van der Waals surface area contributed by atoms with Gasteiger partial charge < -0.3 is 10.2 Å². The van der Waals surface area contributed by atoms with Crippen molar-refractivity contribution in [1.29, 1.82) is 0 Å². The SMILES string of the molecule is CCCNC(=O)C(CC)N(Cc1ccc(Cl)cc1)C(=O)CCSCc1ccccc1. The number of carbonyl (C=O) groups excluding carboxylic acids is 2. The summed E-state index contributed by atoms with van der Waals surface area (Å²) in [5, 5.41) is 3.60. The Morgan fingerprint density at radius 3 is 2.37 bits per heavy atom. The summed E-state index contributed by atoms with van der Waals surface area (Å²) >= 11 is 7.73. The van der Waals surface area contributed by atoms with Crippen molar-refractivity contribution < 1.29 is 9.59 Å². The van der Waals surface area contributed by atoms with Crippen LogP contribution in [0.5, 0.6) is 0 Å². The number of hydrogen-bond acceptors (Lipinski definition) is 3. The zero-order valence-corrected chi connectivity index (χ0v) is 19.3. The summed E-state index contributed by atoms with van der Waals surface area (Å²) < 4.78 is 0. The quantitative estimate of drug-likeness (QED) is 0.450. The third-order valence-corrected chi connectivity index (χ3v) is 6.06. The lowest BCUT2D eigenvalue weighted by Crippen LogP contribution is -2.49. The second-order valence-corrected chi connectivity index (χ2v) is 8.69. The van der Waals surface area contributed by atoms with Crippen LogP contribution in [0, 0.1) is 0 Å². The van der Waals surface area contributed by atoms with E-state index >= 15 is 0 Å². The average molecular weight is 447 g/mol. The van der Waals surface area contributed by atoms with Crippen LogP contribution in [0.4, 0.5) is 0 Å². The second-order valence-electron chi connectivity index (χ2n) is 7.15. The molecule has 162 valence electrons. The minimum absolute atomic E-state index is 0.00371. The predicted molar refractivity (Wildman–Crippen MR) is 127 cm³/mol. The third kappa shape index (κ3) is 8.04. The normalized spacial score (nSPS) is 11.7. The first-order chi connectivity index (χ1) is 14.5. The Bertz CT molecular complexity index is 784. The van der Waals surface area contributed by atoms with E-state index in [2.05, 4.69) is 17.4 Å². The fraction of sp³-hybridized carbons (Fsp3) is 0.417. The fourth-order valence-electron chi connectivity index (χ4n) is 3.14. The molecule has 4 nitrogen and oxygen atoms in total. The Labute approximate surface area is 189 Å². The van der Waals surface area contributed by atoms with Gasteiger partial charge in [0, 0.05) is 36.0 Å². The van der Waals surface area contributed by atoms with Crippen molar-refractivity contribution in [2.75, 3.05) is 12.3 Å². The lowest BCUT2D eigenvalue weighted by molar-refractivity contribution is -0.141. The molecule has 0 spiro atoms. The Balaban J connectivity index is 2.03. The standard InChI is InChI=1S/C24H31ClN2O2S/c1-3-15-26-24(29)22(4-2)27(17-19-10-12-21(25)13-11-19)23(28)14-16-30-18-20-8-6-5-7-9-20/h5-13,22H,3-4,14-18H2,1-2H3,(H,26,29). The molecule has 2 amide bonds. The largest absolute Gasteiger partial charge is 0.354 e. The molecule has 0 aromatic heterocycles. The maximum atomic E-state index is 13.1. The number of benzene rings is 2. The smallest absolute Gasteiger partial charge is 0.242 e. The highest BCUT2D eigenvalue weighted by Gasteiger charge is 2.28. The molecule has 2 aromatic carbocycles. The molecular weight excluding hydrogens is 416 g/mol. The first-order valence-corrected chi connectivity index (χ1v) is 12.0. The molecule has 0 aliphatic carbocycles. The summed E-state index contributed by atoms with van der Waals surface area (Å²) in [5.74, 6) is 1.51. The summed E-state index contributed by atoms with van der Waals surface area (Å²) in [7, 11) is 0. The van der Waals surface area contributed by atoms with Gasteiger partial charge >= 0.3 is 0 Å². The summed E-state index contributed by atoms with van der Waals surface area (Å²) in [6.45, 7) is 4.98. The zero-order valence-electron chi connectivity index (χ0n) is 17.8. The lowest BCUT2D eigenvalue weighted by Gasteiger charge is -2.30. The Morgan fingerprint density at radius 1 is 1.03 bits per heavy atom. The highest BCUT2D eigenvalue weighted by Crippen LogP contribution is 2.18. The van der Waals surface area contributed by atoms with Crippen molar-refractivity contribution in [3.8, 4) is 0 Å². The summed E-state index contributed by atoms with van der Waals surface area (Å²) in [6.07, 6.45) is 1.85. The first kappa shape index (κ1) is 24.3. The zero-order chi connectivity index (χ0) is 21.8. The van der Waals surface area contributed by atoms with E-state index in [1.165, 1.54) is 5.56 Å². The molecule has 1 atom stereocenters. The molecule has 0 heterocycles. The molecule has 2 aromatic rings. The number of rotatable bonds is 12. The van der Waals surface area contributed by atoms with Crippen LogP contribution in [0.2, 0.25) is 5.02 Å². The number of halogens is 1. The van der Waals surface area contributed by atoms with Gasteiger partial charge in [-0.2, -0.15) is 11.8 Å². The molecule has 30 heavy (non-hydrogen) atoms. The molecule has 1 N–H and O–H groups in total. The number of amides is 2. The van der Waals surface area contributed by atoms with Crippen LogP contribution >= 0.6 is 23.4 Å². The van der Waals surface area contributed by atoms with Crippen LogP contribution in [-0.4, -0.2) is 35.1 Å². The Kier molecular flexibility index (Phi) is 10.8. The molecular formula is C24H31ClN2O2S. The molecule has 0 aliphatic rings. The number of carbonyl (C=O) groups is 2. The third-order valence-electron chi connectivity index (χ3n) is 4.77. The van der Waals surface area contributed by atoms with Gasteiger partial charge in [-0.1, -0.05) is 67.9 Å². The minimum atomic E-state index is -0.473. The van der Waals surface area contributed by atoms with E-state index in [-0.39, 0.29) is 11.8 Å². The van der Waals surface area contributed by atoms with E-state index in [0.29, 0.717) is 31.0 Å². The van der Waals surface area contributed by atoms with Crippen LogP contribution in [0.3, 0.4) is 0 Å². The highest BCUT2D eigenvalue weighted by molar-refractivity contribution is 7.98. The van der Waals surface area contributed by atoms with Crippen molar-refractivity contribution in [3.63, 3.8) is 0 Å². The maximum absolute atomic E-state index is 13.1. The van der Waals surface area contributed by atoms with Gasteiger partial charge in [-0.25, -0.2) is 0 Å². The van der Waals surface area contributed by atoms with E-state index in [4.69, 9.17) is 11.6 Å². The van der Waals surface area contributed by atoms with Crippen molar-refractivity contribution in [1.82, 2.24) is 10.2 Å². The molecule has 0 bridgehead atoms. The van der Waals surface area contributed by atoms with Crippen molar-refractivity contribution in [2.45, 2.75) is 51.4 Å². The summed E-state index contributed by atoms with van der Waals surface area (Å²) in [5.41, 5.74) is 2.21. The number of thioether (sulfide) groups is 1. The second kappa shape index (κ2) is 13.3. The maximum Gasteiger partial charge on any atom is 0.242 e. The molecule has 1 unspecified atom stereocenters. The van der Waals surface area contributed by atoms with Gasteiger partial charge in [0.1, 0.15) is 6.04 Å².